The molecule has 9 heteroatoms. The summed E-state index contributed by atoms with van der Waals surface area (Å²) in [6.07, 6.45) is 2.36. The van der Waals surface area contributed by atoms with Crippen LogP contribution in [0.4, 0.5) is 0 Å². The van der Waals surface area contributed by atoms with Gasteiger partial charge in [0, 0.05) is 4.88 Å². The van der Waals surface area contributed by atoms with Crippen LogP contribution in [0.25, 0.3) is 10.2 Å². The molecular formula is C21H22N2O6S. The SMILES string of the molecule is CCOC(=O)C1CCCc2sc3nc(C)n(Cc4ccc(C(=O)OC)o4)c(=O)c3c21. The molecule has 0 bridgehead atoms. The van der Waals surface area contributed by atoms with Crippen LogP contribution in [-0.2, 0) is 27.2 Å². The molecule has 0 N–H and O–H groups in total. The van der Waals surface area contributed by atoms with E-state index in [0.29, 0.717) is 34.8 Å². The summed E-state index contributed by atoms with van der Waals surface area (Å²) < 4.78 is 16.9. The van der Waals surface area contributed by atoms with E-state index in [1.807, 2.05) is 0 Å². The molecule has 0 amide bonds. The van der Waals surface area contributed by atoms with Gasteiger partial charge < -0.3 is 13.9 Å². The molecule has 0 aliphatic heterocycles. The molecule has 0 saturated carbocycles. The highest BCUT2D eigenvalue weighted by Crippen LogP contribution is 2.41. The predicted molar refractivity (Wildman–Crippen MR) is 110 cm³/mol. The number of ether oxygens (including phenoxy) is 2. The number of aromatic nitrogens is 2. The van der Waals surface area contributed by atoms with Gasteiger partial charge in [-0.3, -0.25) is 14.2 Å². The quantitative estimate of drug-likeness (QED) is 0.573. The zero-order chi connectivity index (χ0) is 21.4. The maximum Gasteiger partial charge on any atom is 0.373 e. The van der Waals surface area contributed by atoms with Crippen LogP contribution in [-0.4, -0.2) is 35.2 Å². The second-order valence-electron chi connectivity index (χ2n) is 7.12. The Morgan fingerprint density at radius 2 is 2.17 bits per heavy atom. The van der Waals surface area contributed by atoms with E-state index in [1.54, 1.807) is 19.9 Å². The van der Waals surface area contributed by atoms with Crippen molar-refractivity contribution in [2.75, 3.05) is 13.7 Å². The van der Waals surface area contributed by atoms with Gasteiger partial charge in [-0.15, -0.1) is 11.3 Å². The topological polar surface area (TPSA) is 101 Å². The normalized spacial score (nSPS) is 15.8. The fourth-order valence-electron chi connectivity index (χ4n) is 3.91. The van der Waals surface area contributed by atoms with Crippen molar-refractivity contribution in [2.24, 2.45) is 0 Å². The standard InChI is InChI=1S/C21H22N2O6S/c1-4-28-20(25)13-6-5-7-15-16(13)17-18(30-15)22-11(2)23(19(17)24)10-12-8-9-14(29-12)21(26)27-3/h8-9,13H,4-7,10H2,1-3H3. The first-order valence-electron chi connectivity index (χ1n) is 9.81. The Balaban J connectivity index is 1.80. The summed E-state index contributed by atoms with van der Waals surface area (Å²) in [7, 11) is 1.27. The van der Waals surface area contributed by atoms with Crippen molar-refractivity contribution in [1.29, 1.82) is 0 Å². The van der Waals surface area contributed by atoms with Gasteiger partial charge in [-0.05, 0) is 50.8 Å². The largest absolute Gasteiger partial charge is 0.466 e. The molecule has 1 aliphatic rings. The number of carbonyl (C=O) groups is 2. The minimum Gasteiger partial charge on any atom is -0.466 e. The summed E-state index contributed by atoms with van der Waals surface area (Å²) in [5.41, 5.74) is 0.544. The lowest BCUT2D eigenvalue weighted by molar-refractivity contribution is -0.145. The molecule has 1 unspecified atom stereocenters. The number of fused-ring (bicyclic) bond motifs is 3. The van der Waals surface area contributed by atoms with Gasteiger partial charge >= 0.3 is 11.9 Å². The number of nitrogens with zero attached hydrogens (tertiary/aromatic N) is 2. The first-order valence-corrected chi connectivity index (χ1v) is 10.6. The van der Waals surface area contributed by atoms with Gasteiger partial charge in [0.15, 0.2) is 0 Å². The van der Waals surface area contributed by atoms with Crippen molar-refractivity contribution < 1.29 is 23.5 Å². The lowest BCUT2D eigenvalue weighted by Crippen LogP contribution is -2.26. The predicted octanol–water partition coefficient (Wildman–Crippen LogP) is 3.18. The Kier molecular flexibility index (Phi) is 5.46. The maximum absolute atomic E-state index is 13.5. The number of aryl methyl sites for hydroxylation is 2. The monoisotopic (exact) mass is 430 g/mol. The fourth-order valence-corrected chi connectivity index (χ4v) is 5.22. The van der Waals surface area contributed by atoms with Gasteiger partial charge in [0.25, 0.3) is 5.56 Å². The molecular weight excluding hydrogens is 408 g/mol. The number of furan rings is 1. The second kappa shape index (κ2) is 8.06. The minimum absolute atomic E-state index is 0.0718. The number of hydrogen-bond acceptors (Lipinski definition) is 8. The first kappa shape index (κ1) is 20.3. The summed E-state index contributed by atoms with van der Waals surface area (Å²) in [6, 6.07) is 3.14. The highest BCUT2D eigenvalue weighted by Gasteiger charge is 2.33. The van der Waals surface area contributed by atoms with E-state index in [9.17, 15) is 14.4 Å². The van der Waals surface area contributed by atoms with E-state index >= 15 is 0 Å². The molecule has 0 spiro atoms. The van der Waals surface area contributed by atoms with Crippen molar-refractivity contribution in [3.8, 4) is 0 Å². The van der Waals surface area contributed by atoms with Crippen LogP contribution in [0, 0.1) is 6.92 Å². The molecule has 3 aromatic heterocycles. The van der Waals surface area contributed by atoms with Crippen molar-refractivity contribution in [3.63, 3.8) is 0 Å². The summed E-state index contributed by atoms with van der Waals surface area (Å²) in [4.78, 5) is 43.9. The summed E-state index contributed by atoms with van der Waals surface area (Å²) >= 11 is 1.48. The van der Waals surface area contributed by atoms with Gasteiger partial charge in [-0.1, -0.05) is 0 Å². The minimum atomic E-state index is -0.580. The van der Waals surface area contributed by atoms with Crippen molar-refractivity contribution >= 4 is 33.5 Å². The van der Waals surface area contributed by atoms with Gasteiger partial charge in [0.05, 0.1) is 31.6 Å². The average molecular weight is 430 g/mol. The molecule has 3 aromatic rings. The Bertz CT molecular complexity index is 1190. The Morgan fingerprint density at radius 1 is 1.37 bits per heavy atom. The molecule has 0 radical (unpaired) electrons. The van der Waals surface area contributed by atoms with E-state index in [-0.39, 0.29) is 23.8 Å². The van der Waals surface area contributed by atoms with Gasteiger partial charge in [-0.2, -0.15) is 0 Å². The molecule has 8 nitrogen and oxygen atoms in total. The molecule has 1 aliphatic carbocycles. The molecule has 158 valence electrons. The lowest BCUT2D eigenvalue weighted by Gasteiger charge is -2.21. The van der Waals surface area contributed by atoms with Gasteiger partial charge in [-0.25, -0.2) is 9.78 Å². The number of esters is 2. The first-order chi connectivity index (χ1) is 14.4. The lowest BCUT2D eigenvalue weighted by atomic mass is 9.86. The molecule has 0 aromatic carbocycles. The van der Waals surface area contributed by atoms with Crippen LogP contribution >= 0.6 is 11.3 Å². The Morgan fingerprint density at radius 3 is 2.90 bits per heavy atom. The van der Waals surface area contributed by atoms with E-state index in [4.69, 9.17) is 9.15 Å². The summed E-state index contributed by atoms with van der Waals surface area (Å²) in [5, 5.41) is 0.484. The number of methoxy groups -OCH3 is 1. The molecule has 1 atom stereocenters. The van der Waals surface area contributed by atoms with E-state index in [0.717, 1.165) is 23.3 Å². The van der Waals surface area contributed by atoms with Crippen LogP contribution in [0.3, 0.4) is 0 Å². The maximum atomic E-state index is 13.5. The highest BCUT2D eigenvalue weighted by atomic mass is 32.1. The number of rotatable bonds is 5. The average Bonchev–Trinajstić information content (AvgIpc) is 3.34. The smallest absolute Gasteiger partial charge is 0.373 e. The zero-order valence-corrected chi connectivity index (χ0v) is 17.8. The molecule has 0 saturated heterocycles. The third-order valence-electron chi connectivity index (χ3n) is 5.29. The molecule has 4 rings (SSSR count). The van der Waals surface area contributed by atoms with E-state index in [1.165, 1.54) is 29.1 Å². The Labute approximate surface area is 176 Å². The van der Waals surface area contributed by atoms with Crippen LogP contribution < -0.4 is 5.56 Å². The number of hydrogen-bond donors (Lipinski definition) is 0. The third-order valence-corrected chi connectivity index (χ3v) is 6.45. The van der Waals surface area contributed by atoms with Crippen LogP contribution in [0.1, 0.15) is 58.3 Å². The van der Waals surface area contributed by atoms with Crippen molar-refractivity contribution in [1.82, 2.24) is 9.55 Å². The van der Waals surface area contributed by atoms with Gasteiger partial charge in [0.1, 0.15) is 16.4 Å². The summed E-state index contributed by atoms with van der Waals surface area (Å²) in [6.45, 7) is 3.96. The van der Waals surface area contributed by atoms with Crippen LogP contribution in [0.5, 0.6) is 0 Å². The Hall–Kier alpha value is -2.94. The molecule has 0 fully saturated rings. The highest BCUT2D eigenvalue weighted by molar-refractivity contribution is 7.18. The third kappa shape index (κ3) is 3.43. The van der Waals surface area contributed by atoms with E-state index in [2.05, 4.69) is 9.72 Å². The van der Waals surface area contributed by atoms with Crippen LogP contribution in [0.2, 0.25) is 0 Å². The molecule has 3 heterocycles. The molecule has 30 heavy (non-hydrogen) atoms. The van der Waals surface area contributed by atoms with Crippen molar-refractivity contribution in [2.45, 2.75) is 45.6 Å². The second-order valence-corrected chi connectivity index (χ2v) is 8.21. The number of thiophene rings is 1. The van der Waals surface area contributed by atoms with Gasteiger partial charge in [0.2, 0.25) is 5.76 Å². The summed E-state index contributed by atoms with van der Waals surface area (Å²) in [5.74, 6) is -0.269. The van der Waals surface area contributed by atoms with E-state index < -0.39 is 11.9 Å². The fraction of sp³-hybridized carbons (Fsp3) is 0.429. The number of carbonyl (C=O) groups excluding carboxylic acids is 2. The van der Waals surface area contributed by atoms with Crippen molar-refractivity contribution in [3.05, 3.63) is 50.3 Å². The zero-order valence-electron chi connectivity index (χ0n) is 17.0. The van der Waals surface area contributed by atoms with Crippen LogP contribution in [0.15, 0.2) is 21.3 Å².